The molecule has 5 nitrogen and oxygen atoms in total. The lowest BCUT2D eigenvalue weighted by Crippen LogP contribution is -2.17. The Kier molecular flexibility index (Phi) is 5.67. The minimum atomic E-state index is -0.307. The Morgan fingerprint density at radius 2 is 1.88 bits per heavy atom. The number of nitrogens with one attached hydrogen (secondary N) is 1. The zero-order valence-electron chi connectivity index (χ0n) is 13.8. The van der Waals surface area contributed by atoms with Crippen molar-refractivity contribution >= 4 is 12.1 Å². The molecule has 0 saturated carbocycles. The van der Waals surface area contributed by atoms with Crippen molar-refractivity contribution in [3.05, 3.63) is 95.6 Å². The number of rotatable bonds is 6. The zero-order chi connectivity index (χ0) is 18.2. The summed E-state index contributed by atoms with van der Waals surface area (Å²) >= 11 is 0. The molecule has 6 heteroatoms. The average Bonchev–Trinajstić information content (AvgIpc) is 2.68. The fourth-order valence-electron chi connectivity index (χ4n) is 2.18. The van der Waals surface area contributed by atoms with E-state index in [1.165, 1.54) is 18.3 Å². The minimum Gasteiger partial charge on any atom is -0.489 e. The molecule has 3 aromatic rings. The lowest BCUT2D eigenvalue weighted by molar-refractivity contribution is 0.0955. The molecule has 130 valence electrons. The second kappa shape index (κ2) is 8.53. The first-order valence-electron chi connectivity index (χ1n) is 7.91. The predicted octanol–water partition coefficient (Wildman–Crippen LogP) is 3.56. The van der Waals surface area contributed by atoms with Crippen molar-refractivity contribution in [1.82, 2.24) is 10.4 Å². The van der Waals surface area contributed by atoms with E-state index in [1.807, 2.05) is 12.1 Å². The maximum Gasteiger partial charge on any atom is 0.271 e. The van der Waals surface area contributed by atoms with Crippen LogP contribution in [0.3, 0.4) is 0 Å². The fourth-order valence-corrected chi connectivity index (χ4v) is 2.18. The van der Waals surface area contributed by atoms with Gasteiger partial charge in [-0.3, -0.25) is 9.78 Å². The summed E-state index contributed by atoms with van der Waals surface area (Å²) in [5.74, 6) is 0.0670. The van der Waals surface area contributed by atoms with Crippen LogP contribution < -0.4 is 10.2 Å². The van der Waals surface area contributed by atoms with Gasteiger partial charge < -0.3 is 4.74 Å². The molecular weight excluding hydrogens is 333 g/mol. The van der Waals surface area contributed by atoms with Crippen LogP contribution in [0.15, 0.2) is 78.2 Å². The topological polar surface area (TPSA) is 63.6 Å². The second-order valence-electron chi connectivity index (χ2n) is 5.42. The summed E-state index contributed by atoms with van der Waals surface area (Å²) < 4.78 is 18.7. The molecular formula is C20H16FN3O2. The first-order chi connectivity index (χ1) is 12.7. The standard InChI is InChI=1S/C20H16FN3O2/c21-18-3-1-2-16(12-18)14-26-19-6-4-15(5-7-19)13-23-24-20(25)17-8-10-22-11-9-17/h1-13H,14H2,(H,24,25). The quantitative estimate of drug-likeness (QED) is 0.547. The highest BCUT2D eigenvalue weighted by molar-refractivity contribution is 5.94. The number of hydrogen-bond donors (Lipinski definition) is 1. The van der Waals surface area contributed by atoms with E-state index in [-0.39, 0.29) is 18.3 Å². The van der Waals surface area contributed by atoms with Crippen molar-refractivity contribution in [2.75, 3.05) is 0 Å². The molecule has 0 atom stereocenters. The smallest absolute Gasteiger partial charge is 0.271 e. The van der Waals surface area contributed by atoms with E-state index < -0.39 is 0 Å². The van der Waals surface area contributed by atoms with Crippen LogP contribution in [0.4, 0.5) is 4.39 Å². The monoisotopic (exact) mass is 349 g/mol. The van der Waals surface area contributed by atoms with Crippen molar-refractivity contribution in [2.24, 2.45) is 5.10 Å². The van der Waals surface area contributed by atoms with Crippen LogP contribution in [-0.2, 0) is 6.61 Å². The number of hydrogen-bond acceptors (Lipinski definition) is 4. The third kappa shape index (κ3) is 4.98. The Morgan fingerprint density at radius 1 is 1.12 bits per heavy atom. The van der Waals surface area contributed by atoms with E-state index in [0.29, 0.717) is 11.3 Å². The van der Waals surface area contributed by atoms with Gasteiger partial charge in [0.25, 0.3) is 5.91 Å². The third-order valence-corrected chi connectivity index (χ3v) is 3.50. The molecule has 1 N–H and O–H groups in total. The highest BCUT2D eigenvalue weighted by Crippen LogP contribution is 2.14. The van der Waals surface area contributed by atoms with Crippen molar-refractivity contribution < 1.29 is 13.9 Å². The van der Waals surface area contributed by atoms with Gasteiger partial charge in [0.15, 0.2) is 0 Å². The highest BCUT2D eigenvalue weighted by atomic mass is 19.1. The number of carbonyl (C=O) groups is 1. The Bertz CT molecular complexity index is 896. The Balaban J connectivity index is 1.52. The lowest BCUT2D eigenvalue weighted by atomic mass is 10.2. The largest absolute Gasteiger partial charge is 0.489 e. The summed E-state index contributed by atoms with van der Waals surface area (Å²) in [6.45, 7) is 0.285. The van der Waals surface area contributed by atoms with E-state index in [9.17, 15) is 9.18 Å². The molecule has 0 fully saturated rings. The average molecular weight is 349 g/mol. The molecule has 0 radical (unpaired) electrons. The normalized spacial score (nSPS) is 10.7. The van der Waals surface area contributed by atoms with Crippen LogP contribution in [-0.4, -0.2) is 17.1 Å². The number of nitrogens with zero attached hydrogens (tertiary/aromatic N) is 2. The van der Waals surface area contributed by atoms with Crippen LogP contribution in [0.5, 0.6) is 5.75 Å². The van der Waals surface area contributed by atoms with Gasteiger partial charge in [-0.2, -0.15) is 5.10 Å². The van der Waals surface area contributed by atoms with Crippen molar-refractivity contribution in [3.8, 4) is 5.75 Å². The summed E-state index contributed by atoms with van der Waals surface area (Å²) in [5.41, 5.74) is 4.50. The van der Waals surface area contributed by atoms with E-state index in [1.54, 1.807) is 48.8 Å². The first-order valence-corrected chi connectivity index (χ1v) is 7.91. The molecule has 3 rings (SSSR count). The van der Waals surface area contributed by atoms with E-state index in [2.05, 4.69) is 15.5 Å². The summed E-state index contributed by atoms with van der Waals surface area (Å²) in [6.07, 6.45) is 4.62. The Hall–Kier alpha value is -3.54. The first kappa shape index (κ1) is 17.3. The molecule has 0 saturated heterocycles. The third-order valence-electron chi connectivity index (χ3n) is 3.50. The zero-order valence-corrected chi connectivity index (χ0v) is 13.8. The molecule has 1 amide bonds. The van der Waals surface area contributed by atoms with Crippen LogP contribution in [0.25, 0.3) is 0 Å². The van der Waals surface area contributed by atoms with Gasteiger partial charge in [0.1, 0.15) is 18.2 Å². The van der Waals surface area contributed by atoms with Crippen LogP contribution in [0.1, 0.15) is 21.5 Å². The van der Waals surface area contributed by atoms with E-state index >= 15 is 0 Å². The summed E-state index contributed by atoms with van der Waals surface area (Å²) in [7, 11) is 0. The predicted molar refractivity (Wildman–Crippen MR) is 96.5 cm³/mol. The molecule has 0 aliphatic rings. The van der Waals surface area contributed by atoms with Gasteiger partial charge in [-0.1, -0.05) is 12.1 Å². The Morgan fingerprint density at radius 3 is 2.62 bits per heavy atom. The number of aromatic nitrogens is 1. The van der Waals surface area contributed by atoms with Crippen LogP contribution in [0.2, 0.25) is 0 Å². The van der Waals surface area contributed by atoms with Gasteiger partial charge >= 0.3 is 0 Å². The number of pyridine rings is 1. The molecule has 2 aromatic carbocycles. The number of hydrazone groups is 1. The fraction of sp³-hybridized carbons (Fsp3) is 0.0500. The number of benzene rings is 2. The highest BCUT2D eigenvalue weighted by Gasteiger charge is 2.02. The molecule has 26 heavy (non-hydrogen) atoms. The lowest BCUT2D eigenvalue weighted by Gasteiger charge is -2.06. The van der Waals surface area contributed by atoms with Gasteiger partial charge in [0.2, 0.25) is 0 Å². The number of amides is 1. The maximum atomic E-state index is 13.1. The van der Waals surface area contributed by atoms with Crippen molar-refractivity contribution in [1.29, 1.82) is 0 Å². The second-order valence-corrected chi connectivity index (χ2v) is 5.42. The summed E-state index contributed by atoms with van der Waals surface area (Å²) in [6, 6.07) is 16.7. The number of ether oxygens (including phenoxy) is 1. The molecule has 1 aromatic heterocycles. The molecule has 0 unspecified atom stereocenters. The number of halogens is 1. The Labute approximate surface area is 150 Å². The van der Waals surface area contributed by atoms with Crippen molar-refractivity contribution in [2.45, 2.75) is 6.61 Å². The maximum absolute atomic E-state index is 13.1. The molecule has 0 spiro atoms. The molecule has 0 aliphatic carbocycles. The minimum absolute atomic E-state index is 0.285. The van der Waals surface area contributed by atoms with Gasteiger partial charge in [-0.25, -0.2) is 9.82 Å². The van der Waals surface area contributed by atoms with Gasteiger partial charge in [0.05, 0.1) is 6.21 Å². The van der Waals surface area contributed by atoms with Crippen LogP contribution >= 0.6 is 0 Å². The van der Waals surface area contributed by atoms with E-state index in [0.717, 1.165) is 11.1 Å². The molecule has 1 heterocycles. The van der Waals surface area contributed by atoms with Gasteiger partial charge in [-0.15, -0.1) is 0 Å². The number of carbonyl (C=O) groups excluding carboxylic acids is 1. The van der Waals surface area contributed by atoms with Gasteiger partial charge in [0, 0.05) is 18.0 Å². The van der Waals surface area contributed by atoms with Crippen LogP contribution in [0, 0.1) is 5.82 Å². The van der Waals surface area contributed by atoms with E-state index in [4.69, 9.17) is 4.74 Å². The SMILES string of the molecule is O=C(NN=Cc1ccc(OCc2cccc(F)c2)cc1)c1ccncc1. The summed E-state index contributed by atoms with van der Waals surface area (Å²) in [4.78, 5) is 15.7. The molecule has 0 bridgehead atoms. The molecule has 0 aliphatic heterocycles. The summed E-state index contributed by atoms with van der Waals surface area (Å²) in [5, 5.41) is 3.92. The van der Waals surface area contributed by atoms with Crippen molar-refractivity contribution in [3.63, 3.8) is 0 Å². The van der Waals surface area contributed by atoms with Gasteiger partial charge in [-0.05, 0) is 59.7 Å².